The summed E-state index contributed by atoms with van der Waals surface area (Å²) in [6, 6.07) is 11.9. The second-order valence-electron chi connectivity index (χ2n) is 6.64. The molecule has 0 fully saturated rings. The van der Waals surface area contributed by atoms with Crippen molar-refractivity contribution < 1.29 is 9.18 Å². The molecule has 0 spiro atoms. The minimum atomic E-state index is -0.283. The zero-order valence-electron chi connectivity index (χ0n) is 15.3. The van der Waals surface area contributed by atoms with Gasteiger partial charge in [-0.1, -0.05) is 12.1 Å². The third-order valence-corrected chi connectivity index (χ3v) is 5.86. The Morgan fingerprint density at radius 2 is 2.11 bits per heavy atom. The molecule has 2 aromatic carbocycles. The van der Waals surface area contributed by atoms with Crippen LogP contribution in [-0.4, -0.2) is 26.5 Å². The monoisotopic (exact) mass is 397 g/mol. The minimum absolute atomic E-state index is 0.172. The molecule has 3 aromatic rings. The van der Waals surface area contributed by atoms with E-state index >= 15 is 0 Å². The summed E-state index contributed by atoms with van der Waals surface area (Å²) >= 11 is 1.69. The molecule has 0 radical (unpaired) electrons. The van der Waals surface area contributed by atoms with Crippen LogP contribution >= 0.6 is 11.8 Å². The summed E-state index contributed by atoms with van der Waals surface area (Å²) in [6.45, 7) is 1.92. The van der Waals surface area contributed by atoms with Gasteiger partial charge in [0.2, 0.25) is 0 Å². The van der Waals surface area contributed by atoms with Gasteiger partial charge in [-0.15, -0.1) is 11.8 Å². The highest BCUT2D eigenvalue weighted by atomic mass is 32.2. The van der Waals surface area contributed by atoms with Crippen LogP contribution in [0.15, 0.2) is 60.0 Å². The molecule has 2 unspecified atom stereocenters. The van der Waals surface area contributed by atoms with E-state index < -0.39 is 0 Å². The molecule has 1 aliphatic rings. The van der Waals surface area contributed by atoms with Crippen molar-refractivity contribution >= 4 is 17.8 Å². The van der Waals surface area contributed by atoms with Gasteiger partial charge in [0.05, 0.1) is 17.8 Å². The number of carbonyl (C=O) groups excluding carboxylic acids is 1. The summed E-state index contributed by atoms with van der Waals surface area (Å²) in [4.78, 5) is 17.5. The molecule has 0 saturated heterocycles. The largest absolute Gasteiger partial charge is 0.332 e. The van der Waals surface area contributed by atoms with E-state index in [1.54, 1.807) is 28.8 Å². The van der Waals surface area contributed by atoms with Gasteiger partial charge in [-0.3, -0.25) is 0 Å². The van der Waals surface area contributed by atoms with Crippen LogP contribution in [0.2, 0.25) is 0 Å². The summed E-state index contributed by atoms with van der Waals surface area (Å²) in [5.74, 6) is 0.609. The van der Waals surface area contributed by atoms with Crippen LogP contribution in [0.1, 0.15) is 36.6 Å². The first-order valence-corrected chi connectivity index (χ1v) is 10.0. The van der Waals surface area contributed by atoms with Crippen molar-refractivity contribution in [3.63, 3.8) is 0 Å². The fraction of sp³-hybridized carbons (Fsp3) is 0.250. The molecule has 0 aliphatic carbocycles. The van der Waals surface area contributed by atoms with Crippen LogP contribution in [-0.2, 0) is 0 Å². The Balaban J connectivity index is 1.40. The van der Waals surface area contributed by atoms with Gasteiger partial charge in [-0.25, -0.2) is 18.9 Å². The topological polar surface area (TPSA) is 71.8 Å². The average Bonchev–Trinajstić information content (AvgIpc) is 3.23. The van der Waals surface area contributed by atoms with Gasteiger partial charge in [-0.2, -0.15) is 5.10 Å². The number of urea groups is 1. The van der Waals surface area contributed by atoms with E-state index in [1.165, 1.54) is 18.5 Å². The first-order chi connectivity index (χ1) is 13.6. The number of carbonyl (C=O) groups is 1. The quantitative estimate of drug-likeness (QED) is 0.698. The van der Waals surface area contributed by atoms with E-state index in [9.17, 15) is 9.18 Å². The zero-order chi connectivity index (χ0) is 19.5. The Morgan fingerprint density at radius 1 is 1.29 bits per heavy atom. The maximum atomic E-state index is 13.6. The molecule has 2 amide bonds. The fourth-order valence-electron chi connectivity index (χ4n) is 3.25. The molecule has 8 heteroatoms. The number of rotatable bonds is 4. The first kappa shape index (κ1) is 18.5. The number of nitrogens with one attached hydrogen (secondary N) is 2. The van der Waals surface area contributed by atoms with Gasteiger partial charge < -0.3 is 10.6 Å². The molecule has 6 nitrogen and oxygen atoms in total. The number of halogens is 1. The van der Waals surface area contributed by atoms with Gasteiger partial charge in [0.1, 0.15) is 18.5 Å². The van der Waals surface area contributed by atoms with Crippen LogP contribution in [0.3, 0.4) is 0 Å². The van der Waals surface area contributed by atoms with Crippen molar-refractivity contribution in [3.8, 4) is 5.69 Å². The van der Waals surface area contributed by atoms with E-state index in [1.807, 2.05) is 31.2 Å². The van der Waals surface area contributed by atoms with E-state index in [0.717, 1.165) is 33.9 Å². The number of hydrogen-bond acceptors (Lipinski definition) is 4. The summed E-state index contributed by atoms with van der Waals surface area (Å²) in [7, 11) is 0. The van der Waals surface area contributed by atoms with E-state index in [4.69, 9.17) is 0 Å². The van der Waals surface area contributed by atoms with Crippen molar-refractivity contribution in [2.75, 3.05) is 5.75 Å². The molecule has 2 N–H and O–H groups in total. The summed E-state index contributed by atoms with van der Waals surface area (Å²) in [5.41, 5.74) is 2.72. The lowest BCUT2D eigenvalue weighted by Crippen LogP contribution is -2.40. The second kappa shape index (κ2) is 8.02. The zero-order valence-corrected chi connectivity index (χ0v) is 16.1. The number of thioether (sulfide) groups is 1. The molecule has 2 heterocycles. The average molecular weight is 397 g/mol. The number of fused-ring (bicyclic) bond motifs is 1. The first-order valence-electron chi connectivity index (χ1n) is 9.04. The smallest absolute Gasteiger partial charge is 0.315 e. The SMILES string of the molecule is CC(NC(=O)NC1CCSc2ccc(F)cc21)c1ccc(-n2cncn2)cc1. The Labute approximate surface area is 166 Å². The Bertz CT molecular complexity index is 961. The number of amides is 2. The maximum absolute atomic E-state index is 13.6. The fourth-order valence-corrected chi connectivity index (χ4v) is 4.36. The second-order valence-corrected chi connectivity index (χ2v) is 7.78. The van der Waals surface area contributed by atoms with Crippen molar-refractivity contribution in [2.45, 2.75) is 30.3 Å². The Morgan fingerprint density at radius 3 is 2.86 bits per heavy atom. The van der Waals surface area contributed by atoms with Gasteiger partial charge >= 0.3 is 6.03 Å². The summed E-state index contributed by atoms with van der Waals surface area (Å²) < 4.78 is 15.3. The van der Waals surface area contributed by atoms with Crippen LogP contribution in [0.5, 0.6) is 0 Å². The third kappa shape index (κ3) is 4.01. The minimum Gasteiger partial charge on any atom is -0.332 e. The highest BCUT2D eigenvalue weighted by Gasteiger charge is 2.23. The van der Waals surface area contributed by atoms with Crippen molar-refractivity contribution in [1.82, 2.24) is 25.4 Å². The van der Waals surface area contributed by atoms with Gasteiger partial charge in [0.25, 0.3) is 0 Å². The van der Waals surface area contributed by atoms with E-state index in [0.29, 0.717) is 0 Å². The summed E-state index contributed by atoms with van der Waals surface area (Å²) in [6.07, 6.45) is 3.89. The van der Waals surface area contributed by atoms with Crippen LogP contribution in [0.4, 0.5) is 9.18 Å². The maximum Gasteiger partial charge on any atom is 0.315 e. The molecule has 0 bridgehead atoms. The number of aromatic nitrogens is 3. The molecule has 4 rings (SSSR count). The highest BCUT2D eigenvalue weighted by molar-refractivity contribution is 7.99. The van der Waals surface area contributed by atoms with Crippen molar-refractivity contribution in [2.24, 2.45) is 0 Å². The van der Waals surface area contributed by atoms with Gasteiger partial charge in [-0.05, 0) is 54.8 Å². The number of hydrogen-bond donors (Lipinski definition) is 2. The third-order valence-electron chi connectivity index (χ3n) is 4.74. The van der Waals surface area contributed by atoms with Crippen molar-refractivity contribution in [3.05, 3.63) is 72.1 Å². The van der Waals surface area contributed by atoms with E-state index in [2.05, 4.69) is 20.7 Å². The molecular formula is C20H20FN5OS. The van der Waals surface area contributed by atoms with Crippen LogP contribution in [0.25, 0.3) is 5.69 Å². The Hall–Kier alpha value is -2.87. The standard InChI is InChI=1S/C20H20FN5OS/c1-13(14-2-5-16(6-3-14)26-12-22-11-23-26)24-20(27)25-18-8-9-28-19-7-4-15(21)10-17(18)19/h2-7,10-13,18H,8-9H2,1H3,(H2,24,25,27). The predicted molar refractivity (Wildman–Crippen MR) is 106 cm³/mol. The number of benzene rings is 2. The van der Waals surface area contributed by atoms with E-state index in [-0.39, 0.29) is 23.9 Å². The molecule has 0 saturated carbocycles. The van der Waals surface area contributed by atoms with Crippen LogP contribution in [0, 0.1) is 5.82 Å². The molecular weight excluding hydrogens is 377 g/mol. The van der Waals surface area contributed by atoms with Gasteiger partial charge in [0.15, 0.2) is 0 Å². The van der Waals surface area contributed by atoms with Crippen LogP contribution < -0.4 is 10.6 Å². The predicted octanol–water partition coefficient (Wildman–Crippen LogP) is 4.00. The molecule has 144 valence electrons. The highest BCUT2D eigenvalue weighted by Crippen LogP contribution is 2.36. The molecule has 1 aromatic heterocycles. The molecule has 28 heavy (non-hydrogen) atoms. The van der Waals surface area contributed by atoms with Gasteiger partial charge in [0, 0.05) is 10.6 Å². The number of nitrogens with zero attached hydrogens (tertiary/aromatic N) is 3. The van der Waals surface area contributed by atoms with Crippen molar-refractivity contribution in [1.29, 1.82) is 0 Å². The lowest BCUT2D eigenvalue weighted by atomic mass is 10.0. The Kier molecular flexibility index (Phi) is 5.29. The lowest BCUT2D eigenvalue weighted by molar-refractivity contribution is 0.233. The molecule has 1 aliphatic heterocycles. The lowest BCUT2D eigenvalue weighted by Gasteiger charge is -2.27. The normalized spacial score (nSPS) is 16.9. The molecule has 2 atom stereocenters. The summed E-state index contributed by atoms with van der Waals surface area (Å²) in [5, 5.41) is 10.0.